The number of carboxylic acids is 1. The number of aromatic nitrogens is 1. The molecule has 20 heavy (non-hydrogen) atoms. The number of hydrogen-bond donors (Lipinski definition) is 2. The number of aromatic carboxylic acids is 1. The number of pyridine rings is 1. The molecule has 2 aromatic heterocycles. The Hall–Kier alpha value is -1.35. The van der Waals surface area contributed by atoms with Gasteiger partial charge in [0.1, 0.15) is 15.0 Å². The maximum atomic E-state index is 12.1. The van der Waals surface area contributed by atoms with E-state index in [9.17, 15) is 13.2 Å². The van der Waals surface area contributed by atoms with Crippen molar-refractivity contribution in [3.63, 3.8) is 0 Å². The van der Waals surface area contributed by atoms with E-state index in [2.05, 4.69) is 9.71 Å². The third-order valence-corrected chi connectivity index (χ3v) is 5.23. The Morgan fingerprint density at radius 3 is 2.60 bits per heavy atom. The Labute approximate surface area is 128 Å². The van der Waals surface area contributed by atoms with Crippen LogP contribution in [0.3, 0.4) is 0 Å². The highest BCUT2D eigenvalue weighted by Gasteiger charge is 2.22. The number of nitrogens with one attached hydrogen (secondary N) is 1. The largest absolute Gasteiger partial charge is 0.477 e. The first-order valence-electron chi connectivity index (χ1n) is 4.97. The molecule has 2 N–H and O–H groups in total. The summed E-state index contributed by atoms with van der Waals surface area (Å²) >= 11 is 12.4. The molecule has 2 rings (SSSR count). The number of sulfonamides is 1. The molecule has 106 valence electrons. The van der Waals surface area contributed by atoms with Crippen molar-refractivity contribution in [1.82, 2.24) is 4.98 Å². The first-order chi connectivity index (χ1) is 9.29. The molecule has 0 saturated carbocycles. The number of nitrogens with zero attached hydrogens (tertiary/aromatic N) is 1. The van der Waals surface area contributed by atoms with Crippen LogP contribution in [0, 0.1) is 0 Å². The van der Waals surface area contributed by atoms with Gasteiger partial charge in [0.05, 0.1) is 4.34 Å². The van der Waals surface area contributed by atoms with Crippen molar-refractivity contribution in [3.05, 3.63) is 38.6 Å². The number of carbonyl (C=O) groups is 1. The van der Waals surface area contributed by atoms with Gasteiger partial charge in [0.2, 0.25) is 0 Å². The summed E-state index contributed by atoms with van der Waals surface area (Å²) in [5.41, 5.74) is -0.278. The van der Waals surface area contributed by atoms with Crippen LogP contribution in [0.1, 0.15) is 10.5 Å². The van der Waals surface area contributed by atoms with E-state index in [0.717, 1.165) is 11.3 Å². The Bertz CT molecular complexity index is 773. The summed E-state index contributed by atoms with van der Waals surface area (Å²) in [6.07, 6.45) is 0. The van der Waals surface area contributed by atoms with Crippen molar-refractivity contribution in [2.75, 3.05) is 4.72 Å². The van der Waals surface area contributed by atoms with E-state index in [4.69, 9.17) is 28.3 Å². The molecule has 2 aromatic rings. The monoisotopic (exact) mass is 352 g/mol. The van der Waals surface area contributed by atoms with Gasteiger partial charge in [-0.1, -0.05) is 29.3 Å². The lowest BCUT2D eigenvalue weighted by atomic mass is 10.3. The van der Waals surface area contributed by atoms with E-state index in [1.807, 2.05) is 0 Å². The molecule has 0 aliphatic heterocycles. The van der Waals surface area contributed by atoms with E-state index in [-0.39, 0.29) is 25.1 Å². The van der Waals surface area contributed by atoms with Crippen LogP contribution in [0.2, 0.25) is 8.67 Å². The minimum atomic E-state index is -3.98. The van der Waals surface area contributed by atoms with Crippen LogP contribution >= 0.6 is 34.5 Å². The molecule has 0 spiro atoms. The van der Waals surface area contributed by atoms with Gasteiger partial charge in [0.15, 0.2) is 5.69 Å². The highest BCUT2D eigenvalue weighted by atomic mass is 35.5. The Morgan fingerprint density at radius 2 is 2.05 bits per heavy atom. The molecule has 6 nitrogen and oxygen atoms in total. The molecule has 0 radical (unpaired) electrons. The molecule has 0 fully saturated rings. The molecule has 0 bridgehead atoms. The van der Waals surface area contributed by atoms with Gasteiger partial charge >= 0.3 is 5.97 Å². The predicted molar refractivity (Wildman–Crippen MR) is 76.3 cm³/mol. The van der Waals surface area contributed by atoms with Crippen LogP contribution < -0.4 is 4.72 Å². The smallest absolute Gasteiger partial charge is 0.354 e. The van der Waals surface area contributed by atoms with Gasteiger partial charge in [-0.15, -0.1) is 11.3 Å². The molecule has 10 heteroatoms. The van der Waals surface area contributed by atoms with Crippen LogP contribution in [-0.2, 0) is 10.0 Å². The molecule has 2 heterocycles. The average Bonchev–Trinajstić information content (AvgIpc) is 2.69. The second-order valence-electron chi connectivity index (χ2n) is 3.51. The number of hydrogen-bond acceptors (Lipinski definition) is 5. The van der Waals surface area contributed by atoms with Crippen molar-refractivity contribution in [2.24, 2.45) is 0 Å². The van der Waals surface area contributed by atoms with Gasteiger partial charge in [0, 0.05) is 0 Å². The molecule has 0 aliphatic rings. The zero-order valence-electron chi connectivity index (χ0n) is 9.50. The third-order valence-electron chi connectivity index (χ3n) is 2.12. The summed E-state index contributed by atoms with van der Waals surface area (Å²) in [4.78, 5) is 14.2. The molecule has 0 aromatic carbocycles. The second-order valence-corrected chi connectivity index (χ2v) is 7.44. The topological polar surface area (TPSA) is 96.4 Å². The summed E-state index contributed by atoms with van der Waals surface area (Å²) in [6, 6.07) is 5.15. The molecule has 0 atom stereocenters. The molecule has 0 aliphatic carbocycles. The number of halogens is 2. The van der Waals surface area contributed by atoms with E-state index in [1.165, 1.54) is 24.3 Å². The average molecular weight is 353 g/mol. The predicted octanol–water partition coefficient (Wildman–Crippen LogP) is 2.95. The van der Waals surface area contributed by atoms with Crippen LogP contribution in [0.15, 0.2) is 29.2 Å². The molecule has 0 unspecified atom stereocenters. The first-order valence-corrected chi connectivity index (χ1v) is 8.03. The Kier molecular flexibility index (Phi) is 4.19. The van der Waals surface area contributed by atoms with Gasteiger partial charge in [0.25, 0.3) is 10.0 Å². The van der Waals surface area contributed by atoms with Gasteiger partial charge < -0.3 is 5.11 Å². The summed E-state index contributed by atoms with van der Waals surface area (Å²) in [7, 11) is -3.98. The fourth-order valence-corrected chi connectivity index (χ4v) is 4.46. The lowest BCUT2D eigenvalue weighted by Crippen LogP contribution is -2.14. The van der Waals surface area contributed by atoms with Gasteiger partial charge in [-0.25, -0.2) is 18.2 Å². The summed E-state index contributed by atoms with van der Waals surface area (Å²) in [5, 5.41) is 8.80. The third kappa shape index (κ3) is 3.21. The van der Waals surface area contributed by atoms with E-state index >= 15 is 0 Å². The Balaban J connectivity index is 2.36. The van der Waals surface area contributed by atoms with Crippen molar-refractivity contribution in [2.45, 2.75) is 4.90 Å². The Morgan fingerprint density at radius 1 is 1.35 bits per heavy atom. The number of rotatable bonds is 4. The fraction of sp³-hybridized carbons (Fsp3) is 0. The number of anilines is 1. The van der Waals surface area contributed by atoms with Crippen molar-refractivity contribution >= 4 is 56.3 Å². The lowest BCUT2D eigenvalue weighted by molar-refractivity contribution is 0.0690. The SMILES string of the molecule is O=C(O)c1cccc(NS(=O)(=O)c2cc(Cl)sc2Cl)n1. The van der Waals surface area contributed by atoms with Crippen molar-refractivity contribution in [3.8, 4) is 0 Å². The van der Waals surface area contributed by atoms with Crippen molar-refractivity contribution in [1.29, 1.82) is 0 Å². The van der Waals surface area contributed by atoms with Gasteiger partial charge in [-0.05, 0) is 18.2 Å². The maximum absolute atomic E-state index is 12.1. The molecular formula is C10H6Cl2N2O4S2. The van der Waals surface area contributed by atoms with Crippen LogP contribution in [0.25, 0.3) is 0 Å². The van der Waals surface area contributed by atoms with E-state index in [1.54, 1.807) is 0 Å². The zero-order chi connectivity index (χ0) is 14.9. The maximum Gasteiger partial charge on any atom is 0.354 e. The highest BCUT2D eigenvalue weighted by Crippen LogP contribution is 2.34. The van der Waals surface area contributed by atoms with Crippen LogP contribution in [0.4, 0.5) is 5.82 Å². The summed E-state index contributed by atoms with van der Waals surface area (Å²) in [6.45, 7) is 0. The standard InChI is InChI=1S/C10H6Cl2N2O4S2/c11-7-4-6(9(12)19-7)20(17,18)14-8-3-1-2-5(13-8)10(15)16/h1-4H,(H,13,14)(H,15,16). The van der Waals surface area contributed by atoms with E-state index < -0.39 is 16.0 Å². The van der Waals surface area contributed by atoms with Crippen molar-refractivity contribution < 1.29 is 18.3 Å². The second kappa shape index (κ2) is 5.57. The normalized spacial score (nSPS) is 11.3. The van der Waals surface area contributed by atoms with Crippen LogP contribution in [-0.4, -0.2) is 24.5 Å². The fourth-order valence-electron chi connectivity index (χ4n) is 1.31. The van der Waals surface area contributed by atoms with E-state index in [0.29, 0.717) is 0 Å². The minimum Gasteiger partial charge on any atom is -0.477 e. The zero-order valence-corrected chi connectivity index (χ0v) is 12.6. The van der Waals surface area contributed by atoms with Gasteiger partial charge in [-0.2, -0.15) is 0 Å². The van der Waals surface area contributed by atoms with Crippen LogP contribution in [0.5, 0.6) is 0 Å². The first kappa shape index (κ1) is 15.0. The number of carboxylic acid groups (broad SMARTS) is 1. The highest BCUT2D eigenvalue weighted by molar-refractivity contribution is 7.93. The number of thiophene rings is 1. The minimum absolute atomic E-state index is 0.0110. The lowest BCUT2D eigenvalue weighted by Gasteiger charge is -2.06. The molecule has 0 saturated heterocycles. The summed E-state index contributed by atoms with van der Waals surface area (Å²) < 4.78 is 26.5. The van der Waals surface area contributed by atoms with Gasteiger partial charge in [-0.3, -0.25) is 4.72 Å². The quantitative estimate of drug-likeness (QED) is 0.881. The molecule has 0 amide bonds. The molecular weight excluding hydrogens is 347 g/mol. The summed E-state index contributed by atoms with van der Waals surface area (Å²) in [5.74, 6) is -1.38.